The molecule has 1 aromatic rings. The molecule has 3 aliphatic carbocycles. The van der Waals surface area contributed by atoms with Crippen LogP contribution in [0, 0.1) is 12.3 Å². The molecule has 1 aromatic carbocycles. The number of carbonyl (C=O) groups excluding carboxylic acids is 1. The first kappa shape index (κ1) is 16.0. The second-order valence-corrected chi connectivity index (χ2v) is 6.46. The number of amides is 1. The molecule has 1 amide bonds. The van der Waals surface area contributed by atoms with Crippen LogP contribution in [0.5, 0.6) is 0 Å². The highest BCUT2D eigenvalue weighted by atomic mass is 16.2. The number of nitrogens with one attached hydrogen (secondary N) is 1. The van der Waals surface area contributed by atoms with Crippen LogP contribution >= 0.6 is 0 Å². The van der Waals surface area contributed by atoms with E-state index in [2.05, 4.69) is 5.32 Å². The van der Waals surface area contributed by atoms with E-state index in [1.54, 1.807) is 0 Å². The average Bonchev–Trinajstić information content (AvgIpc) is 2.52. The number of nitrogens with two attached hydrogens (primary N) is 1. The number of benzene rings is 1. The number of rotatable bonds is 2. The predicted molar refractivity (Wildman–Crippen MR) is 88.2 cm³/mol. The zero-order chi connectivity index (χ0) is 15.5. The number of aryl methyl sites for hydroxylation is 1. The van der Waals surface area contributed by atoms with E-state index in [0.717, 1.165) is 44.2 Å². The van der Waals surface area contributed by atoms with Crippen molar-refractivity contribution in [2.24, 2.45) is 11.1 Å². The number of carbonyl (C=O) groups is 1. The third-order valence-corrected chi connectivity index (χ3v) is 5.10. The Morgan fingerprint density at radius 2 is 1.48 bits per heavy atom. The zero-order valence-electron chi connectivity index (χ0n) is 13.5. The average molecular weight is 288 g/mol. The second-order valence-electron chi connectivity index (χ2n) is 6.46. The fraction of sp³-hybridized carbons (Fsp3) is 0.611. The van der Waals surface area contributed by atoms with Crippen LogP contribution in [-0.4, -0.2) is 11.4 Å². The summed E-state index contributed by atoms with van der Waals surface area (Å²) in [6.07, 6.45) is 5.82. The van der Waals surface area contributed by atoms with E-state index in [9.17, 15) is 4.79 Å². The highest BCUT2D eigenvalue weighted by molar-refractivity contribution is 5.95. The van der Waals surface area contributed by atoms with Gasteiger partial charge in [-0.05, 0) is 57.6 Å². The molecule has 0 unspecified atom stereocenters. The van der Waals surface area contributed by atoms with Crippen LogP contribution in [0.3, 0.4) is 0 Å². The predicted octanol–water partition coefficient (Wildman–Crippen LogP) is 4.01. The standard InChI is InChI=1S/C16H22N2O.C2H6/c1-12-2-4-13(5-3-12)18-14(19)15-6-9-16(17,10-7-15)11-8-15;1-2/h2-5H,6-11,17H2,1H3,(H,18,19);1-2H3. The maximum atomic E-state index is 12.6. The van der Waals surface area contributed by atoms with Crippen molar-refractivity contribution in [3.63, 3.8) is 0 Å². The Kier molecular flexibility index (Phi) is 4.72. The number of fused-ring (bicyclic) bond motifs is 3. The molecule has 3 fully saturated rings. The van der Waals surface area contributed by atoms with Crippen LogP contribution < -0.4 is 11.1 Å². The lowest BCUT2D eigenvalue weighted by Gasteiger charge is -2.50. The molecule has 3 saturated carbocycles. The summed E-state index contributed by atoms with van der Waals surface area (Å²) in [6, 6.07) is 8.01. The maximum absolute atomic E-state index is 12.6. The molecule has 0 atom stereocenters. The third kappa shape index (κ3) is 3.29. The Morgan fingerprint density at radius 1 is 1.00 bits per heavy atom. The summed E-state index contributed by atoms with van der Waals surface area (Å²) in [5.74, 6) is 0.193. The third-order valence-electron chi connectivity index (χ3n) is 5.10. The van der Waals surface area contributed by atoms with Gasteiger partial charge >= 0.3 is 0 Å². The first-order chi connectivity index (χ1) is 10.0. The number of anilines is 1. The molecule has 0 saturated heterocycles. The van der Waals surface area contributed by atoms with Crippen LogP contribution in [0.15, 0.2) is 24.3 Å². The quantitative estimate of drug-likeness (QED) is 0.864. The van der Waals surface area contributed by atoms with E-state index >= 15 is 0 Å². The molecule has 2 bridgehead atoms. The second kappa shape index (κ2) is 6.18. The van der Waals surface area contributed by atoms with E-state index in [1.165, 1.54) is 5.56 Å². The summed E-state index contributed by atoms with van der Waals surface area (Å²) < 4.78 is 0. The molecule has 3 N–H and O–H groups in total. The molecule has 4 rings (SSSR count). The Morgan fingerprint density at radius 3 is 1.95 bits per heavy atom. The Bertz CT molecular complexity index is 468. The van der Waals surface area contributed by atoms with Crippen molar-refractivity contribution in [3.8, 4) is 0 Å². The van der Waals surface area contributed by atoms with Crippen molar-refractivity contribution in [3.05, 3.63) is 29.8 Å². The minimum atomic E-state index is -0.161. The van der Waals surface area contributed by atoms with Crippen LogP contribution in [0.25, 0.3) is 0 Å². The zero-order valence-corrected chi connectivity index (χ0v) is 13.5. The van der Waals surface area contributed by atoms with Gasteiger partial charge in [0, 0.05) is 16.6 Å². The van der Waals surface area contributed by atoms with Crippen molar-refractivity contribution in [2.75, 3.05) is 5.32 Å². The molecular weight excluding hydrogens is 260 g/mol. The smallest absolute Gasteiger partial charge is 0.230 e. The van der Waals surface area contributed by atoms with Crippen molar-refractivity contribution in [2.45, 2.75) is 64.8 Å². The highest BCUT2D eigenvalue weighted by Crippen LogP contribution is 2.51. The lowest BCUT2D eigenvalue weighted by atomic mass is 9.57. The molecule has 21 heavy (non-hydrogen) atoms. The van der Waals surface area contributed by atoms with Crippen molar-refractivity contribution in [1.29, 1.82) is 0 Å². The monoisotopic (exact) mass is 288 g/mol. The van der Waals surface area contributed by atoms with E-state index in [1.807, 2.05) is 45.0 Å². The van der Waals surface area contributed by atoms with Crippen molar-refractivity contribution < 1.29 is 4.79 Å². The van der Waals surface area contributed by atoms with E-state index in [-0.39, 0.29) is 16.9 Å². The van der Waals surface area contributed by atoms with Gasteiger partial charge < -0.3 is 11.1 Å². The normalized spacial score (nSPS) is 30.3. The molecule has 0 aromatic heterocycles. The SMILES string of the molecule is CC.Cc1ccc(NC(=O)C23CCC(N)(CC2)CC3)cc1. The van der Waals surface area contributed by atoms with Crippen LogP contribution in [0.2, 0.25) is 0 Å². The summed E-state index contributed by atoms with van der Waals surface area (Å²) in [5, 5.41) is 3.09. The first-order valence-electron chi connectivity index (χ1n) is 8.19. The topological polar surface area (TPSA) is 55.1 Å². The summed E-state index contributed by atoms with van der Waals surface area (Å²) in [7, 11) is 0. The summed E-state index contributed by atoms with van der Waals surface area (Å²) in [4.78, 5) is 12.6. The number of hydrogen-bond acceptors (Lipinski definition) is 2. The van der Waals surface area contributed by atoms with Gasteiger partial charge in [0.15, 0.2) is 0 Å². The Labute approximate surface area is 128 Å². The summed E-state index contributed by atoms with van der Waals surface area (Å²) >= 11 is 0. The summed E-state index contributed by atoms with van der Waals surface area (Å²) in [5.41, 5.74) is 8.26. The van der Waals surface area contributed by atoms with E-state index in [4.69, 9.17) is 5.73 Å². The molecule has 0 radical (unpaired) electrons. The van der Waals surface area contributed by atoms with Crippen LogP contribution in [-0.2, 0) is 4.79 Å². The molecule has 3 nitrogen and oxygen atoms in total. The Hall–Kier alpha value is -1.35. The van der Waals surface area contributed by atoms with Gasteiger partial charge in [0.2, 0.25) is 5.91 Å². The Balaban J connectivity index is 0.000000774. The minimum Gasteiger partial charge on any atom is -0.326 e. The van der Waals surface area contributed by atoms with Gasteiger partial charge in [-0.2, -0.15) is 0 Å². The van der Waals surface area contributed by atoms with E-state index in [0.29, 0.717) is 0 Å². The van der Waals surface area contributed by atoms with Gasteiger partial charge in [-0.1, -0.05) is 31.5 Å². The van der Waals surface area contributed by atoms with Gasteiger partial charge in [0.1, 0.15) is 0 Å². The molecule has 0 spiro atoms. The first-order valence-corrected chi connectivity index (χ1v) is 8.19. The van der Waals surface area contributed by atoms with Crippen LogP contribution in [0.4, 0.5) is 5.69 Å². The van der Waals surface area contributed by atoms with Gasteiger partial charge in [0.05, 0.1) is 0 Å². The molecule has 3 heteroatoms. The molecular formula is C18H28N2O. The number of hydrogen-bond donors (Lipinski definition) is 2. The highest BCUT2D eigenvalue weighted by Gasteiger charge is 2.50. The van der Waals surface area contributed by atoms with Crippen molar-refractivity contribution >= 4 is 11.6 Å². The van der Waals surface area contributed by atoms with Crippen LogP contribution in [0.1, 0.15) is 57.9 Å². The fourth-order valence-electron chi connectivity index (χ4n) is 3.46. The van der Waals surface area contributed by atoms with Gasteiger partial charge in [-0.3, -0.25) is 4.79 Å². The molecule has 0 aliphatic heterocycles. The maximum Gasteiger partial charge on any atom is 0.230 e. The fourth-order valence-corrected chi connectivity index (χ4v) is 3.46. The summed E-state index contributed by atoms with van der Waals surface area (Å²) in [6.45, 7) is 6.05. The van der Waals surface area contributed by atoms with Gasteiger partial charge in [-0.25, -0.2) is 0 Å². The van der Waals surface area contributed by atoms with Gasteiger partial charge in [0.25, 0.3) is 0 Å². The van der Waals surface area contributed by atoms with Crippen molar-refractivity contribution in [1.82, 2.24) is 0 Å². The minimum absolute atomic E-state index is 0.0197. The van der Waals surface area contributed by atoms with E-state index < -0.39 is 0 Å². The molecule has 116 valence electrons. The molecule has 0 heterocycles. The lowest BCUT2D eigenvalue weighted by Crippen LogP contribution is -2.55. The van der Waals surface area contributed by atoms with Gasteiger partial charge in [-0.15, -0.1) is 0 Å². The molecule has 3 aliphatic rings. The lowest BCUT2D eigenvalue weighted by molar-refractivity contribution is -0.131. The largest absolute Gasteiger partial charge is 0.326 e.